The summed E-state index contributed by atoms with van der Waals surface area (Å²) in [6, 6.07) is 25.4. The van der Waals surface area contributed by atoms with Gasteiger partial charge in [-0.05, 0) is 29.3 Å². The molecule has 0 saturated heterocycles. The zero-order chi connectivity index (χ0) is 20.7. The SMILES string of the molecule is Cn1nc(-c2ccc(-c3ccccc3)cc2)c(O)c1-c1nc2ccc(C#N)cc2[nH]1. The van der Waals surface area contributed by atoms with Crippen molar-refractivity contribution in [2.45, 2.75) is 0 Å². The molecule has 3 aromatic carbocycles. The van der Waals surface area contributed by atoms with Gasteiger partial charge in [-0.25, -0.2) is 4.98 Å². The van der Waals surface area contributed by atoms with Crippen LogP contribution in [0.3, 0.4) is 0 Å². The molecule has 0 saturated carbocycles. The summed E-state index contributed by atoms with van der Waals surface area (Å²) in [6.07, 6.45) is 0. The normalized spacial score (nSPS) is 10.9. The molecule has 2 N–H and O–H groups in total. The van der Waals surface area contributed by atoms with Gasteiger partial charge in [0.25, 0.3) is 0 Å². The fraction of sp³-hybridized carbons (Fsp3) is 0.0417. The second kappa shape index (κ2) is 6.90. The van der Waals surface area contributed by atoms with Gasteiger partial charge in [-0.3, -0.25) is 4.68 Å². The highest BCUT2D eigenvalue weighted by Crippen LogP contribution is 2.37. The van der Waals surface area contributed by atoms with Gasteiger partial charge in [-0.1, -0.05) is 54.6 Å². The molecule has 0 atom stereocenters. The van der Waals surface area contributed by atoms with Crippen LogP contribution in [0.4, 0.5) is 0 Å². The molecule has 0 radical (unpaired) electrons. The predicted molar refractivity (Wildman–Crippen MR) is 116 cm³/mol. The number of nitrogens with zero attached hydrogens (tertiary/aromatic N) is 4. The van der Waals surface area contributed by atoms with Crippen LogP contribution in [0.1, 0.15) is 5.56 Å². The van der Waals surface area contributed by atoms with E-state index in [0.29, 0.717) is 22.8 Å². The number of aromatic hydroxyl groups is 1. The second-order valence-electron chi connectivity index (χ2n) is 7.04. The molecule has 0 amide bonds. The average molecular weight is 391 g/mol. The Kier molecular flexibility index (Phi) is 4.08. The topological polar surface area (TPSA) is 90.5 Å². The standard InChI is InChI=1S/C24H17N5O/c1-29-22(24-26-19-12-7-15(14-25)13-20(19)27-24)23(30)21(28-29)18-10-8-17(9-11-18)16-5-3-2-4-6-16/h2-13,30H,1H3,(H,26,27). The van der Waals surface area contributed by atoms with Crippen molar-refractivity contribution in [1.29, 1.82) is 5.26 Å². The number of hydrogen-bond donors (Lipinski definition) is 2. The number of nitriles is 1. The summed E-state index contributed by atoms with van der Waals surface area (Å²) in [5.74, 6) is 0.560. The van der Waals surface area contributed by atoms with Gasteiger partial charge in [-0.2, -0.15) is 10.4 Å². The van der Waals surface area contributed by atoms with E-state index in [-0.39, 0.29) is 5.75 Å². The molecule has 0 aliphatic rings. The fourth-order valence-electron chi connectivity index (χ4n) is 3.62. The molecule has 6 nitrogen and oxygen atoms in total. The van der Waals surface area contributed by atoms with Gasteiger partial charge in [0.1, 0.15) is 11.4 Å². The summed E-state index contributed by atoms with van der Waals surface area (Å²) in [5.41, 5.74) is 6.03. The number of fused-ring (bicyclic) bond motifs is 1. The van der Waals surface area contributed by atoms with Crippen LogP contribution in [0.2, 0.25) is 0 Å². The lowest BCUT2D eigenvalue weighted by atomic mass is 10.0. The molecule has 0 spiro atoms. The number of aryl methyl sites for hydroxylation is 1. The van der Waals surface area contributed by atoms with Crippen molar-refractivity contribution >= 4 is 11.0 Å². The van der Waals surface area contributed by atoms with Crippen LogP contribution in [0.5, 0.6) is 5.75 Å². The zero-order valence-corrected chi connectivity index (χ0v) is 16.2. The number of rotatable bonds is 3. The zero-order valence-electron chi connectivity index (χ0n) is 16.2. The number of benzene rings is 3. The Morgan fingerprint density at radius 2 is 1.63 bits per heavy atom. The maximum Gasteiger partial charge on any atom is 0.173 e. The average Bonchev–Trinajstić information content (AvgIpc) is 3.33. The first-order chi connectivity index (χ1) is 14.6. The summed E-state index contributed by atoms with van der Waals surface area (Å²) in [5, 5.41) is 24.5. The summed E-state index contributed by atoms with van der Waals surface area (Å²) >= 11 is 0. The molecule has 0 unspecified atom stereocenters. The van der Waals surface area contributed by atoms with E-state index in [2.05, 4.69) is 33.3 Å². The Morgan fingerprint density at radius 1 is 0.933 bits per heavy atom. The fourth-order valence-corrected chi connectivity index (χ4v) is 3.62. The van der Waals surface area contributed by atoms with Crippen molar-refractivity contribution in [2.24, 2.45) is 7.05 Å². The smallest absolute Gasteiger partial charge is 0.173 e. The van der Waals surface area contributed by atoms with E-state index in [1.54, 1.807) is 29.9 Å². The van der Waals surface area contributed by atoms with Crippen LogP contribution in [0.15, 0.2) is 72.8 Å². The van der Waals surface area contributed by atoms with Gasteiger partial charge in [0.2, 0.25) is 0 Å². The molecule has 30 heavy (non-hydrogen) atoms. The third kappa shape index (κ3) is 2.90. The van der Waals surface area contributed by atoms with E-state index < -0.39 is 0 Å². The number of aromatic nitrogens is 4. The minimum atomic E-state index is 0.0597. The molecule has 6 heteroatoms. The molecular formula is C24H17N5O. The maximum absolute atomic E-state index is 10.9. The molecule has 5 aromatic rings. The highest BCUT2D eigenvalue weighted by molar-refractivity contribution is 5.83. The number of H-pyrrole nitrogens is 1. The molecule has 0 aliphatic carbocycles. The van der Waals surface area contributed by atoms with Gasteiger partial charge in [0.15, 0.2) is 11.6 Å². The van der Waals surface area contributed by atoms with E-state index in [4.69, 9.17) is 5.26 Å². The van der Waals surface area contributed by atoms with Crippen molar-refractivity contribution in [2.75, 3.05) is 0 Å². The molecule has 2 aromatic heterocycles. The summed E-state index contributed by atoms with van der Waals surface area (Å²) in [6.45, 7) is 0. The summed E-state index contributed by atoms with van der Waals surface area (Å²) < 4.78 is 1.61. The van der Waals surface area contributed by atoms with Gasteiger partial charge >= 0.3 is 0 Å². The first kappa shape index (κ1) is 17.7. The van der Waals surface area contributed by atoms with Gasteiger partial charge in [0, 0.05) is 12.6 Å². The van der Waals surface area contributed by atoms with Gasteiger partial charge in [0.05, 0.1) is 22.7 Å². The minimum absolute atomic E-state index is 0.0597. The lowest BCUT2D eigenvalue weighted by Gasteiger charge is -2.03. The van der Waals surface area contributed by atoms with Crippen LogP contribution < -0.4 is 0 Å². The first-order valence-electron chi connectivity index (χ1n) is 9.46. The predicted octanol–water partition coefficient (Wildman–Crippen LogP) is 4.87. The van der Waals surface area contributed by atoms with Crippen molar-refractivity contribution in [3.63, 3.8) is 0 Å². The van der Waals surface area contributed by atoms with E-state index >= 15 is 0 Å². The van der Waals surface area contributed by atoms with Crippen molar-refractivity contribution in [1.82, 2.24) is 19.7 Å². The van der Waals surface area contributed by atoms with Crippen molar-refractivity contribution < 1.29 is 5.11 Å². The largest absolute Gasteiger partial charge is 0.504 e. The number of nitrogens with one attached hydrogen (secondary N) is 1. The van der Waals surface area contributed by atoms with E-state index in [1.165, 1.54) is 0 Å². The van der Waals surface area contributed by atoms with Crippen LogP contribution in [0.25, 0.3) is 44.9 Å². The quantitative estimate of drug-likeness (QED) is 0.459. The second-order valence-corrected chi connectivity index (χ2v) is 7.04. The Balaban J connectivity index is 1.55. The van der Waals surface area contributed by atoms with Crippen LogP contribution >= 0.6 is 0 Å². The lowest BCUT2D eigenvalue weighted by Crippen LogP contribution is -1.95. The Morgan fingerprint density at radius 3 is 2.37 bits per heavy atom. The molecule has 144 valence electrons. The van der Waals surface area contributed by atoms with E-state index in [0.717, 1.165) is 27.7 Å². The van der Waals surface area contributed by atoms with Gasteiger partial charge in [-0.15, -0.1) is 0 Å². The molecule has 2 heterocycles. The molecule has 0 aliphatic heterocycles. The highest BCUT2D eigenvalue weighted by atomic mass is 16.3. The van der Waals surface area contributed by atoms with E-state index in [9.17, 15) is 5.11 Å². The Labute approximate surface area is 172 Å². The molecule has 0 fully saturated rings. The number of aromatic amines is 1. The lowest BCUT2D eigenvalue weighted by molar-refractivity contribution is 0.478. The first-order valence-corrected chi connectivity index (χ1v) is 9.46. The van der Waals surface area contributed by atoms with Gasteiger partial charge < -0.3 is 10.1 Å². The monoisotopic (exact) mass is 391 g/mol. The Bertz CT molecular complexity index is 1410. The highest BCUT2D eigenvalue weighted by Gasteiger charge is 2.21. The number of imidazole rings is 1. The summed E-state index contributed by atoms with van der Waals surface area (Å²) in [7, 11) is 1.77. The van der Waals surface area contributed by atoms with Crippen molar-refractivity contribution in [3.8, 4) is 45.7 Å². The third-order valence-corrected chi connectivity index (χ3v) is 5.12. The molecular weight excluding hydrogens is 374 g/mol. The van der Waals surface area contributed by atoms with Crippen LogP contribution in [0, 0.1) is 11.3 Å². The molecule has 5 rings (SSSR count). The van der Waals surface area contributed by atoms with Crippen LogP contribution in [-0.2, 0) is 7.05 Å². The Hall–Kier alpha value is -4.37. The van der Waals surface area contributed by atoms with E-state index in [1.807, 2.05) is 42.5 Å². The number of hydrogen-bond acceptors (Lipinski definition) is 4. The summed E-state index contributed by atoms with van der Waals surface area (Å²) in [4.78, 5) is 7.74. The minimum Gasteiger partial charge on any atom is -0.504 e. The van der Waals surface area contributed by atoms with Crippen LogP contribution in [-0.4, -0.2) is 24.9 Å². The maximum atomic E-state index is 10.9. The third-order valence-electron chi connectivity index (χ3n) is 5.12. The molecule has 0 bridgehead atoms. The van der Waals surface area contributed by atoms with Crippen molar-refractivity contribution in [3.05, 3.63) is 78.4 Å².